The van der Waals surface area contributed by atoms with Crippen LogP contribution >= 0.6 is 0 Å². The van der Waals surface area contributed by atoms with Crippen LogP contribution in [0.4, 0.5) is 0 Å². The van der Waals surface area contributed by atoms with Gasteiger partial charge >= 0.3 is 5.97 Å². The number of ether oxygens (including phenoxy) is 1. The number of nitrogens with zero attached hydrogens (tertiary/aromatic N) is 2. The van der Waals surface area contributed by atoms with Gasteiger partial charge in [0.05, 0.1) is 25.7 Å². The molecule has 1 aromatic carbocycles. The van der Waals surface area contributed by atoms with E-state index >= 15 is 0 Å². The minimum absolute atomic E-state index is 0.165. The molecule has 0 spiro atoms. The maximum Gasteiger partial charge on any atom is 0.305 e. The van der Waals surface area contributed by atoms with Gasteiger partial charge in [0.2, 0.25) is 0 Å². The van der Waals surface area contributed by atoms with Crippen LogP contribution in [0.2, 0.25) is 0 Å². The SMILES string of the molecule is CN(C)C(=O)c1cccc(C(=O)N2CCOCC2CC(=O)O)c1. The van der Waals surface area contributed by atoms with Gasteiger partial charge in [0.15, 0.2) is 0 Å². The summed E-state index contributed by atoms with van der Waals surface area (Å²) in [5, 5.41) is 8.97. The number of aliphatic carboxylic acids is 1. The Balaban J connectivity index is 2.23. The lowest BCUT2D eigenvalue weighted by Crippen LogP contribution is -2.49. The third kappa shape index (κ3) is 4.07. The standard InChI is InChI=1S/C16H20N2O5/c1-17(2)15(21)11-4-3-5-12(8-11)16(22)18-6-7-23-10-13(18)9-14(19)20/h3-5,8,13H,6-7,9-10H2,1-2H3,(H,19,20). The van der Waals surface area contributed by atoms with Gasteiger partial charge in [-0.25, -0.2) is 0 Å². The highest BCUT2D eigenvalue weighted by Gasteiger charge is 2.30. The van der Waals surface area contributed by atoms with E-state index in [1.54, 1.807) is 32.3 Å². The average molecular weight is 320 g/mol. The first kappa shape index (κ1) is 17.0. The number of carboxylic acid groups (broad SMARTS) is 1. The molecule has 1 aliphatic heterocycles. The van der Waals surface area contributed by atoms with Crippen LogP contribution in [-0.4, -0.2) is 72.6 Å². The molecule has 0 bridgehead atoms. The summed E-state index contributed by atoms with van der Waals surface area (Å²) in [5.74, 6) is -1.45. The molecule has 0 radical (unpaired) electrons. The highest BCUT2D eigenvalue weighted by atomic mass is 16.5. The third-order valence-corrected chi connectivity index (χ3v) is 3.66. The Kier molecular flexibility index (Phi) is 5.33. The molecule has 0 saturated carbocycles. The molecular weight excluding hydrogens is 300 g/mol. The number of rotatable bonds is 4. The molecule has 1 unspecified atom stereocenters. The van der Waals surface area contributed by atoms with E-state index in [0.717, 1.165) is 0 Å². The zero-order chi connectivity index (χ0) is 17.0. The monoisotopic (exact) mass is 320 g/mol. The number of benzene rings is 1. The van der Waals surface area contributed by atoms with Gasteiger partial charge in [-0.3, -0.25) is 14.4 Å². The molecule has 1 aromatic rings. The second kappa shape index (κ2) is 7.23. The van der Waals surface area contributed by atoms with Crippen LogP contribution in [0.5, 0.6) is 0 Å². The molecule has 1 heterocycles. The van der Waals surface area contributed by atoms with Gasteiger partial charge in [-0.15, -0.1) is 0 Å². The van der Waals surface area contributed by atoms with Gasteiger partial charge in [-0.05, 0) is 18.2 Å². The molecule has 2 amide bonds. The van der Waals surface area contributed by atoms with Crippen molar-refractivity contribution in [2.45, 2.75) is 12.5 Å². The average Bonchev–Trinajstić information content (AvgIpc) is 2.53. The van der Waals surface area contributed by atoms with Crippen molar-refractivity contribution in [3.63, 3.8) is 0 Å². The molecule has 124 valence electrons. The summed E-state index contributed by atoms with van der Waals surface area (Å²) in [6, 6.07) is 5.96. The van der Waals surface area contributed by atoms with Gasteiger partial charge < -0.3 is 19.6 Å². The lowest BCUT2D eigenvalue weighted by Gasteiger charge is -2.35. The van der Waals surface area contributed by atoms with Gasteiger partial charge in [-0.2, -0.15) is 0 Å². The van der Waals surface area contributed by atoms with Crippen molar-refractivity contribution in [1.82, 2.24) is 9.80 Å². The first-order chi connectivity index (χ1) is 10.9. The molecule has 7 heteroatoms. The lowest BCUT2D eigenvalue weighted by molar-refractivity contribution is -0.139. The predicted molar refractivity (Wildman–Crippen MR) is 82.4 cm³/mol. The summed E-state index contributed by atoms with van der Waals surface area (Å²) in [4.78, 5) is 38.6. The van der Waals surface area contributed by atoms with E-state index < -0.39 is 12.0 Å². The van der Waals surface area contributed by atoms with Crippen LogP contribution in [0, 0.1) is 0 Å². The van der Waals surface area contributed by atoms with E-state index in [4.69, 9.17) is 9.84 Å². The molecule has 1 atom stereocenters. The first-order valence-corrected chi connectivity index (χ1v) is 7.32. The van der Waals surface area contributed by atoms with Crippen molar-refractivity contribution < 1.29 is 24.2 Å². The lowest BCUT2D eigenvalue weighted by atomic mass is 10.1. The van der Waals surface area contributed by atoms with Gasteiger partial charge in [-0.1, -0.05) is 6.07 Å². The minimum Gasteiger partial charge on any atom is -0.481 e. The van der Waals surface area contributed by atoms with Crippen molar-refractivity contribution >= 4 is 17.8 Å². The molecule has 23 heavy (non-hydrogen) atoms. The van der Waals surface area contributed by atoms with Crippen LogP contribution in [0.3, 0.4) is 0 Å². The molecule has 0 aliphatic carbocycles. The molecule has 1 fully saturated rings. The van der Waals surface area contributed by atoms with Crippen LogP contribution in [-0.2, 0) is 9.53 Å². The smallest absolute Gasteiger partial charge is 0.305 e. The fourth-order valence-electron chi connectivity index (χ4n) is 2.50. The molecule has 1 N–H and O–H groups in total. The van der Waals surface area contributed by atoms with Crippen molar-refractivity contribution in [3.05, 3.63) is 35.4 Å². The third-order valence-electron chi connectivity index (χ3n) is 3.66. The van der Waals surface area contributed by atoms with Crippen LogP contribution in [0.25, 0.3) is 0 Å². The largest absolute Gasteiger partial charge is 0.481 e. The Bertz CT molecular complexity index is 614. The van der Waals surface area contributed by atoms with Gasteiger partial charge in [0.25, 0.3) is 11.8 Å². The molecular formula is C16H20N2O5. The van der Waals surface area contributed by atoms with Crippen LogP contribution < -0.4 is 0 Å². The summed E-state index contributed by atoms with van der Waals surface area (Å²) in [5.41, 5.74) is 0.791. The summed E-state index contributed by atoms with van der Waals surface area (Å²) in [6.07, 6.45) is -0.165. The number of amides is 2. The second-order valence-electron chi connectivity index (χ2n) is 5.61. The molecule has 2 rings (SSSR count). The molecule has 1 aliphatic rings. The molecule has 7 nitrogen and oxygen atoms in total. The van der Waals surface area contributed by atoms with Gasteiger partial charge in [0.1, 0.15) is 0 Å². The number of carbonyl (C=O) groups is 3. The zero-order valence-corrected chi connectivity index (χ0v) is 13.2. The Hall–Kier alpha value is -2.41. The summed E-state index contributed by atoms with van der Waals surface area (Å²) in [6.45, 7) is 0.912. The maximum atomic E-state index is 12.7. The highest BCUT2D eigenvalue weighted by Crippen LogP contribution is 2.16. The van der Waals surface area contributed by atoms with E-state index in [0.29, 0.717) is 24.3 Å². The first-order valence-electron chi connectivity index (χ1n) is 7.32. The Morgan fingerprint density at radius 2 is 2.00 bits per heavy atom. The summed E-state index contributed by atoms with van der Waals surface area (Å²) < 4.78 is 5.27. The normalized spacial score (nSPS) is 17.7. The summed E-state index contributed by atoms with van der Waals surface area (Å²) >= 11 is 0. The van der Waals surface area contributed by atoms with E-state index in [1.807, 2.05) is 0 Å². The Morgan fingerprint density at radius 1 is 1.30 bits per heavy atom. The van der Waals surface area contributed by atoms with E-state index in [2.05, 4.69) is 0 Å². The van der Waals surface area contributed by atoms with Crippen LogP contribution in [0.15, 0.2) is 24.3 Å². The topological polar surface area (TPSA) is 87.2 Å². The number of hydrogen-bond acceptors (Lipinski definition) is 4. The Morgan fingerprint density at radius 3 is 2.65 bits per heavy atom. The number of morpholine rings is 1. The van der Waals surface area contributed by atoms with Crippen molar-refractivity contribution in [3.8, 4) is 0 Å². The Labute approximate surface area is 134 Å². The van der Waals surface area contributed by atoms with Crippen molar-refractivity contribution in [2.75, 3.05) is 33.9 Å². The van der Waals surface area contributed by atoms with E-state index in [-0.39, 0.29) is 24.8 Å². The van der Waals surface area contributed by atoms with Crippen molar-refractivity contribution in [1.29, 1.82) is 0 Å². The highest BCUT2D eigenvalue weighted by molar-refractivity contribution is 5.99. The van der Waals surface area contributed by atoms with Crippen molar-refractivity contribution in [2.24, 2.45) is 0 Å². The summed E-state index contributed by atoms with van der Waals surface area (Å²) in [7, 11) is 3.28. The quantitative estimate of drug-likeness (QED) is 0.882. The maximum absolute atomic E-state index is 12.7. The number of hydrogen-bond donors (Lipinski definition) is 1. The van der Waals surface area contributed by atoms with E-state index in [1.165, 1.54) is 15.9 Å². The molecule has 1 saturated heterocycles. The van der Waals surface area contributed by atoms with Crippen LogP contribution in [0.1, 0.15) is 27.1 Å². The predicted octanol–water partition coefficient (Wildman–Crippen LogP) is 0.704. The number of carbonyl (C=O) groups excluding carboxylic acids is 2. The van der Waals surface area contributed by atoms with Gasteiger partial charge in [0, 0.05) is 31.8 Å². The fourth-order valence-corrected chi connectivity index (χ4v) is 2.50. The minimum atomic E-state index is -0.977. The molecule has 0 aromatic heterocycles. The fraction of sp³-hybridized carbons (Fsp3) is 0.438. The second-order valence-corrected chi connectivity index (χ2v) is 5.61. The van der Waals surface area contributed by atoms with E-state index in [9.17, 15) is 14.4 Å². The number of carboxylic acids is 1. The zero-order valence-electron chi connectivity index (χ0n) is 13.2.